The zero-order valence-electron chi connectivity index (χ0n) is 13.7. The molecule has 0 saturated carbocycles. The van der Waals surface area contributed by atoms with Crippen LogP contribution in [0.15, 0.2) is 36.9 Å². The Hall–Kier alpha value is -2.10. The van der Waals surface area contributed by atoms with Crippen molar-refractivity contribution >= 4 is 11.8 Å². The number of nitrogens with one attached hydrogen (secondary N) is 1. The molecule has 2 amide bonds. The van der Waals surface area contributed by atoms with Crippen LogP contribution in [0.3, 0.4) is 0 Å². The molecule has 22 heavy (non-hydrogen) atoms. The summed E-state index contributed by atoms with van der Waals surface area (Å²) in [6.45, 7) is 9.98. The highest BCUT2D eigenvalue weighted by Gasteiger charge is 2.19. The number of carbonyl (C=O) groups is 2. The molecule has 0 fully saturated rings. The van der Waals surface area contributed by atoms with Crippen LogP contribution in [0.2, 0.25) is 0 Å². The first-order chi connectivity index (χ1) is 10.3. The molecule has 0 aromatic heterocycles. The van der Waals surface area contributed by atoms with Gasteiger partial charge in [0.2, 0.25) is 5.91 Å². The molecule has 0 heterocycles. The smallest absolute Gasteiger partial charge is 0.251 e. The van der Waals surface area contributed by atoms with E-state index in [2.05, 4.69) is 32.7 Å². The van der Waals surface area contributed by atoms with Gasteiger partial charge in [0.15, 0.2) is 0 Å². The third-order valence-electron chi connectivity index (χ3n) is 3.56. The number of allylic oxidation sites excluding steroid dienone is 1. The fourth-order valence-electron chi connectivity index (χ4n) is 2.12. The molecule has 4 heteroatoms. The maximum absolute atomic E-state index is 12.2. The van der Waals surface area contributed by atoms with Crippen LogP contribution in [0.4, 0.5) is 0 Å². The van der Waals surface area contributed by atoms with Gasteiger partial charge in [-0.1, -0.05) is 39.0 Å². The number of amides is 2. The van der Waals surface area contributed by atoms with Gasteiger partial charge in [0, 0.05) is 5.56 Å². The summed E-state index contributed by atoms with van der Waals surface area (Å²) in [6, 6.07) is 6.78. The quantitative estimate of drug-likeness (QED) is 0.600. The molecule has 0 aliphatic heterocycles. The third-order valence-corrected chi connectivity index (χ3v) is 3.56. The van der Waals surface area contributed by atoms with Gasteiger partial charge in [-0.15, -0.1) is 6.58 Å². The first-order valence-electron chi connectivity index (χ1n) is 7.57. The lowest BCUT2D eigenvalue weighted by molar-refractivity contribution is -0.120. The largest absolute Gasteiger partial charge is 0.368 e. The second-order valence-corrected chi connectivity index (χ2v) is 6.48. The van der Waals surface area contributed by atoms with E-state index < -0.39 is 11.9 Å². The van der Waals surface area contributed by atoms with Crippen molar-refractivity contribution in [3.63, 3.8) is 0 Å². The van der Waals surface area contributed by atoms with E-state index in [4.69, 9.17) is 5.73 Å². The Labute approximate surface area is 132 Å². The average Bonchev–Trinajstić information content (AvgIpc) is 2.45. The highest BCUT2D eigenvalue weighted by molar-refractivity contribution is 5.97. The average molecular weight is 302 g/mol. The molecule has 0 radical (unpaired) electrons. The summed E-state index contributed by atoms with van der Waals surface area (Å²) in [5, 5.41) is 2.70. The minimum Gasteiger partial charge on any atom is -0.368 e. The van der Waals surface area contributed by atoms with Crippen molar-refractivity contribution < 1.29 is 9.59 Å². The zero-order chi connectivity index (χ0) is 16.8. The van der Waals surface area contributed by atoms with Crippen molar-refractivity contribution in [2.24, 2.45) is 5.73 Å². The van der Waals surface area contributed by atoms with Crippen LogP contribution >= 0.6 is 0 Å². The fourth-order valence-corrected chi connectivity index (χ4v) is 2.12. The molecule has 1 rings (SSSR count). The van der Waals surface area contributed by atoms with E-state index in [1.54, 1.807) is 18.2 Å². The summed E-state index contributed by atoms with van der Waals surface area (Å²) < 4.78 is 0. The Balaban J connectivity index is 2.73. The van der Waals surface area contributed by atoms with Gasteiger partial charge in [-0.25, -0.2) is 0 Å². The molecular formula is C18H26N2O2. The topological polar surface area (TPSA) is 72.2 Å². The summed E-state index contributed by atoms with van der Waals surface area (Å²) in [4.78, 5) is 23.6. The summed E-state index contributed by atoms with van der Waals surface area (Å²) in [5.74, 6) is -0.786. The fraction of sp³-hybridized carbons (Fsp3) is 0.444. The SMILES string of the molecule is C=CCCC[C@H](NC(=O)c1ccc(C(C)(C)C)cc1)C(N)=O. The number of hydrogen-bond acceptors (Lipinski definition) is 2. The predicted octanol–water partition coefficient (Wildman–Crippen LogP) is 2.92. The van der Waals surface area contributed by atoms with Crippen LogP contribution in [0.25, 0.3) is 0 Å². The Bertz CT molecular complexity index is 527. The Morgan fingerprint density at radius 2 is 1.86 bits per heavy atom. The molecule has 1 atom stereocenters. The van der Waals surface area contributed by atoms with E-state index >= 15 is 0 Å². The van der Waals surface area contributed by atoms with Crippen LogP contribution in [-0.2, 0) is 10.2 Å². The molecule has 4 nitrogen and oxygen atoms in total. The Morgan fingerprint density at radius 3 is 2.32 bits per heavy atom. The van der Waals surface area contributed by atoms with E-state index in [1.165, 1.54) is 0 Å². The van der Waals surface area contributed by atoms with Crippen molar-refractivity contribution in [1.82, 2.24) is 5.32 Å². The lowest BCUT2D eigenvalue weighted by atomic mass is 9.86. The zero-order valence-corrected chi connectivity index (χ0v) is 13.7. The van der Waals surface area contributed by atoms with Crippen LogP contribution in [0.5, 0.6) is 0 Å². The van der Waals surface area contributed by atoms with E-state index in [9.17, 15) is 9.59 Å². The van der Waals surface area contributed by atoms with Crippen LogP contribution in [0, 0.1) is 0 Å². The van der Waals surface area contributed by atoms with E-state index in [-0.39, 0.29) is 11.3 Å². The highest BCUT2D eigenvalue weighted by atomic mass is 16.2. The molecule has 1 aromatic carbocycles. The van der Waals surface area contributed by atoms with Crippen LogP contribution in [-0.4, -0.2) is 17.9 Å². The van der Waals surface area contributed by atoms with Crippen LogP contribution < -0.4 is 11.1 Å². The Kier molecular flexibility index (Phi) is 6.35. The molecule has 0 bridgehead atoms. The predicted molar refractivity (Wildman–Crippen MR) is 89.6 cm³/mol. The molecule has 3 N–H and O–H groups in total. The number of carbonyl (C=O) groups excluding carboxylic acids is 2. The molecule has 0 unspecified atom stereocenters. The van der Waals surface area contributed by atoms with Crippen molar-refractivity contribution in [2.75, 3.05) is 0 Å². The molecule has 0 spiro atoms. The van der Waals surface area contributed by atoms with E-state index in [0.717, 1.165) is 18.4 Å². The molecule has 0 saturated heterocycles. The molecule has 0 aliphatic rings. The van der Waals surface area contributed by atoms with E-state index in [1.807, 2.05) is 12.1 Å². The van der Waals surface area contributed by atoms with Crippen molar-refractivity contribution in [3.05, 3.63) is 48.0 Å². The van der Waals surface area contributed by atoms with Gasteiger partial charge in [-0.3, -0.25) is 9.59 Å². The molecule has 120 valence electrons. The second-order valence-electron chi connectivity index (χ2n) is 6.48. The standard InChI is InChI=1S/C18H26N2O2/c1-5-6-7-8-15(16(19)21)20-17(22)13-9-11-14(12-10-13)18(2,3)4/h5,9-12,15H,1,6-8H2,2-4H3,(H2,19,21)(H,20,22)/t15-/m0/s1. The number of benzene rings is 1. The lowest BCUT2D eigenvalue weighted by Crippen LogP contribution is -2.44. The van der Waals surface area contributed by atoms with Crippen molar-refractivity contribution in [2.45, 2.75) is 51.5 Å². The van der Waals surface area contributed by atoms with Crippen LogP contribution in [0.1, 0.15) is 56.0 Å². The first kappa shape index (κ1) is 18.0. The normalized spacial score (nSPS) is 12.5. The third kappa shape index (κ3) is 5.35. The molecule has 1 aromatic rings. The summed E-state index contributed by atoms with van der Waals surface area (Å²) in [5.41, 5.74) is 7.07. The molecular weight excluding hydrogens is 276 g/mol. The van der Waals surface area contributed by atoms with E-state index in [0.29, 0.717) is 12.0 Å². The minimum absolute atomic E-state index is 0.0372. The van der Waals surface area contributed by atoms with Gasteiger partial charge in [-0.05, 0) is 42.4 Å². The minimum atomic E-state index is -0.644. The number of rotatable bonds is 7. The number of nitrogens with two attached hydrogens (primary N) is 1. The summed E-state index contributed by atoms with van der Waals surface area (Å²) in [7, 11) is 0. The number of hydrogen-bond donors (Lipinski definition) is 2. The first-order valence-corrected chi connectivity index (χ1v) is 7.57. The summed E-state index contributed by atoms with van der Waals surface area (Å²) in [6.07, 6.45) is 3.86. The van der Waals surface area contributed by atoms with Gasteiger partial charge >= 0.3 is 0 Å². The monoisotopic (exact) mass is 302 g/mol. The summed E-state index contributed by atoms with van der Waals surface area (Å²) >= 11 is 0. The van der Waals surface area contributed by atoms with Crippen molar-refractivity contribution in [1.29, 1.82) is 0 Å². The van der Waals surface area contributed by atoms with Gasteiger partial charge in [0.25, 0.3) is 5.91 Å². The van der Waals surface area contributed by atoms with Crippen molar-refractivity contribution in [3.8, 4) is 0 Å². The van der Waals surface area contributed by atoms with Gasteiger partial charge in [-0.2, -0.15) is 0 Å². The van der Waals surface area contributed by atoms with Gasteiger partial charge in [0.05, 0.1) is 0 Å². The molecule has 0 aliphatic carbocycles. The van der Waals surface area contributed by atoms with Gasteiger partial charge < -0.3 is 11.1 Å². The maximum atomic E-state index is 12.2. The lowest BCUT2D eigenvalue weighted by Gasteiger charge is -2.19. The van der Waals surface area contributed by atoms with Gasteiger partial charge in [0.1, 0.15) is 6.04 Å². The highest BCUT2D eigenvalue weighted by Crippen LogP contribution is 2.22. The Morgan fingerprint density at radius 1 is 1.27 bits per heavy atom. The number of unbranched alkanes of at least 4 members (excludes halogenated alkanes) is 1. The number of primary amides is 1. The maximum Gasteiger partial charge on any atom is 0.251 e. The second kappa shape index (κ2) is 7.78.